The molecule has 0 heterocycles. The van der Waals surface area contributed by atoms with Gasteiger partial charge in [-0.15, -0.1) is 0 Å². The molecule has 0 bridgehead atoms. The second kappa shape index (κ2) is 6.02. The second-order valence-electron chi connectivity index (χ2n) is 4.48. The molecule has 0 aromatic heterocycles. The van der Waals surface area contributed by atoms with E-state index in [1.54, 1.807) is 12.1 Å². The number of nitriles is 1. The van der Waals surface area contributed by atoms with Gasteiger partial charge >= 0.3 is 0 Å². The molecule has 3 nitrogen and oxygen atoms in total. The van der Waals surface area contributed by atoms with Gasteiger partial charge in [-0.3, -0.25) is 4.79 Å². The molecule has 0 aliphatic heterocycles. The molecule has 3 heteroatoms. The van der Waals surface area contributed by atoms with Crippen LogP contribution in [0.15, 0.2) is 42.5 Å². The van der Waals surface area contributed by atoms with E-state index in [9.17, 15) is 4.79 Å². The van der Waals surface area contributed by atoms with Gasteiger partial charge in [-0.2, -0.15) is 5.26 Å². The van der Waals surface area contributed by atoms with Crippen molar-refractivity contribution in [1.29, 1.82) is 5.26 Å². The van der Waals surface area contributed by atoms with E-state index in [2.05, 4.69) is 12.2 Å². The normalized spacial score (nSPS) is 17.4. The monoisotopic (exact) mass is 240 g/mol. The van der Waals surface area contributed by atoms with Crippen molar-refractivity contribution in [3.05, 3.63) is 48.0 Å². The Labute approximate surface area is 107 Å². The highest BCUT2D eigenvalue weighted by molar-refractivity contribution is 5.95. The van der Waals surface area contributed by atoms with Gasteiger partial charge in [0.25, 0.3) is 5.91 Å². The SMILES string of the molecule is N#CN(CCC1C=CCC1)C(=O)c1ccccc1. The smallest absolute Gasteiger partial charge is 0.266 e. The van der Waals surface area contributed by atoms with Crippen molar-refractivity contribution in [2.45, 2.75) is 19.3 Å². The van der Waals surface area contributed by atoms with Crippen LogP contribution in [0.5, 0.6) is 0 Å². The summed E-state index contributed by atoms with van der Waals surface area (Å²) in [6.07, 6.45) is 9.45. The lowest BCUT2D eigenvalue weighted by atomic mass is 10.1. The van der Waals surface area contributed by atoms with Crippen LogP contribution in [0.25, 0.3) is 0 Å². The average Bonchev–Trinajstić information content (AvgIpc) is 2.93. The minimum Gasteiger partial charge on any atom is -0.268 e. The van der Waals surface area contributed by atoms with Crippen LogP contribution in [0.2, 0.25) is 0 Å². The molecule has 1 unspecified atom stereocenters. The third-order valence-electron chi connectivity index (χ3n) is 3.22. The van der Waals surface area contributed by atoms with Crippen LogP contribution in [0.4, 0.5) is 0 Å². The first-order valence-corrected chi connectivity index (χ1v) is 6.24. The van der Waals surface area contributed by atoms with E-state index in [4.69, 9.17) is 5.26 Å². The molecule has 0 radical (unpaired) electrons. The molecule has 0 fully saturated rings. The lowest BCUT2D eigenvalue weighted by molar-refractivity contribution is 0.0827. The molecule has 0 saturated heterocycles. The third-order valence-corrected chi connectivity index (χ3v) is 3.22. The predicted molar refractivity (Wildman–Crippen MR) is 69.6 cm³/mol. The Morgan fingerprint density at radius 1 is 1.39 bits per heavy atom. The van der Waals surface area contributed by atoms with Crippen LogP contribution >= 0.6 is 0 Å². The molecule has 18 heavy (non-hydrogen) atoms. The lowest BCUT2D eigenvalue weighted by Crippen LogP contribution is -2.28. The molecule has 1 atom stereocenters. The van der Waals surface area contributed by atoms with Gasteiger partial charge in [0, 0.05) is 12.1 Å². The van der Waals surface area contributed by atoms with Gasteiger partial charge in [-0.05, 0) is 37.3 Å². The van der Waals surface area contributed by atoms with Crippen LogP contribution in [0.1, 0.15) is 29.6 Å². The topological polar surface area (TPSA) is 44.1 Å². The first-order chi connectivity index (χ1) is 8.81. The maximum absolute atomic E-state index is 12.1. The van der Waals surface area contributed by atoms with Crippen LogP contribution in [0.3, 0.4) is 0 Å². The fraction of sp³-hybridized carbons (Fsp3) is 0.333. The molecular formula is C15H16N2O. The Morgan fingerprint density at radius 3 is 2.78 bits per heavy atom. The van der Waals surface area contributed by atoms with Crippen molar-refractivity contribution in [3.8, 4) is 6.19 Å². The predicted octanol–water partition coefficient (Wildman–Crippen LogP) is 2.97. The quantitative estimate of drug-likeness (QED) is 0.461. The Morgan fingerprint density at radius 2 is 2.17 bits per heavy atom. The second-order valence-corrected chi connectivity index (χ2v) is 4.48. The van der Waals surface area contributed by atoms with E-state index < -0.39 is 0 Å². The Kier molecular flexibility index (Phi) is 4.14. The maximum Gasteiger partial charge on any atom is 0.266 e. The van der Waals surface area contributed by atoms with E-state index >= 15 is 0 Å². The summed E-state index contributed by atoms with van der Waals surface area (Å²) in [7, 11) is 0. The average molecular weight is 240 g/mol. The van der Waals surface area contributed by atoms with Gasteiger partial charge in [0.2, 0.25) is 0 Å². The minimum atomic E-state index is -0.208. The van der Waals surface area contributed by atoms with Crippen LogP contribution in [0, 0.1) is 17.4 Å². The van der Waals surface area contributed by atoms with Crippen molar-refractivity contribution in [2.75, 3.05) is 6.54 Å². The van der Waals surface area contributed by atoms with E-state index in [-0.39, 0.29) is 5.91 Å². The van der Waals surface area contributed by atoms with Gasteiger partial charge in [-0.1, -0.05) is 30.4 Å². The zero-order chi connectivity index (χ0) is 12.8. The molecule has 1 amide bonds. The summed E-state index contributed by atoms with van der Waals surface area (Å²) in [5.41, 5.74) is 0.570. The molecule has 92 valence electrons. The molecule has 0 saturated carbocycles. The van der Waals surface area contributed by atoms with Gasteiger partial charge < -0.3 is 0 Å². The van der Waals surface area contributed by atoms with Crippen LogP contribution < -0.4 is 0 Å². The van der Waals surface area contributed by atoms with Gasteiger partial charge in [-0.25, -0.2) is 4.90 Å². The molecule has 1 aliphatic rings. The molecule has 1 aromatic rings. The Hall–Kier alpha value is -2.08. The fourth-order valence-corrected chi connectivity index (χ4v) is 2.16. The van der Waals surface area contributed by atoms with Crippen molar-refractivity contribution < 1.29 is 4.79 Å². The number of carbonyl (C=O) groups is 1. The van der Waals surface area contributed by atoms with Gasteiger partial charge in [0.15, 0.2) is 6.19 Å². The molecular weight excluding hydrogens is 224 g/mol. The molecule has 2 rings (SSSR count). The summed E-state index contributed by atoms with van der Waals surface area (Å²) in [5.74, 6) is 0.310. The van der Waals surface area contributed by atoms with E-state index in [0.29, 0.717) is 18.0 Å². The molecule has 0 N–H and O–H groups in total. The summed E-state index contributed by atoms with van der Waals surface area (Å²) in [5, 5.41) is 9.07. The number of rotatable bonds is 4. The maximum atomic E-state index is 12.1. The highest BCUT2D eigenvalue weighted by Gasteiger charge is 2.17. The number of hydrogen-bond acceptors (Lipinski definition) is 2. The van der Waals surface area contributed by atoms with Crippen molar-refractivity contribution in [2.24, 2.45) is 5.92 Å². The van der Waals surface area contributed by atoms with Crippen molar-refractivity contribution >= 4 is 5.91 Å². The van der Waals surface area contributed by atoms with E-state index in [0.717, 1.165) is 19.3 Å². The van der Waals surface area contributed by atoms with Crippen LogP contribution in [-0.4, -0.2) is 17.4 Å². The van der Waals surface area contributed by atoms with E-state index in [1.807, 2.05) is 24.4 Å². The minimum absolute atomic E-state index is 0.208. The van der Waals surface area contributed by atoms with E-state index in [1.165, 1.54) is 4.90 Å². The number of amides is 1. The van der Waals surface area contributed by atoms with Crippen molar-refractivity contribution in [3.63, 3.8) is 0 Å². The van der Waals surface area contributed by atoms with Gasteiger partial charge in [0.05, 0.1) is 0 Å². The summed E-state index contributed by atoms with van der Waals surface area (Å²) in [4.78, 5) is 13.3. The van der Waals surface area contributed by atoms with Crippen molar-refractivity contribution in [1.82, 2.24) is 4.90 Å². The zero-order valence-electron chi connectivity index (χ0n) is 10.2. The fourth-order valence-electron chi connectivity index (χ4n) is 2.16. The highest BCUT2D eigenvalue weighted by atomic mass is 16.2. The first kappa shape index (κ1) is 12.4. The summed E-state index contributed by atoms with van der Waals surface area (Å²) < 4.78 is 0. The molecule has 0 spiro atoms. The number of nitrogens with zero attached hydrogens (tertiary/aromatic N) is 2. The Bertz CT molecular complexity index is 473. The highest BCUT2D eigenvalue weighted by Crippen LogP contribution is 2.20. The molecule has 1 aromatic carbocycles. The number of benzene rings is 1. The number of carbonyl (C=O) groups excluding carboxylic acids is 1. The zero-order valence-corrected chi connectivity index (χ0v) is 10.2. The first-order valence-electron chi connectivity index (χ1n) is 6.24. The number of hydrogen-bond donors (Lipinski definition) is 0. The third kappa shape index (κ3) is 2.98. The number of allylic oxidation sites excluding steroid dienone is 2. The summed E-state index contributed by atoms with van der Waals surface area (Å²) in [6.45, 7) is 0.499. The summed E-state index contributed by atoms with van der Waals surface area (Å²) in [6, 6.07) is 8.95. The summed E-state index contributed by atoms with van der Waals surface area (Å²) >= 11 is 0. The molecule has 1 aliphatic carbocycles. The largest absolute Gasteiger partial charge is 0.268 e. The standard InChI is InChI=1S/C15H16N2O/c16-12-17(11-10-13-6-4-5-7-13)15(18)14-8-2-1-3-9-14/h1-4,6,8-9,13H,5,7,10-11H2. The van der Waals surface area contributed by atoms with Gasteiger partial charge in [0.1, 0.15) is 0 Å². The Balaban J connectivity index is 1.94. The van der Waals surface area contributed by atoms with Crippen LogP contribution in [-0.2, 0) is 0 Å². The lowest BCUT2D eigenvalue weighted by Gasteiger charge is -2.15.